The fourth-order valence-electron chi connectivity index (χ4n) is 1.63. The second kappa shape index (κ2) is 3.92. The van der Waals surface area contributed by atoms with Crippen LogP contribution in [0.5, 0.6) is 0 Å². The molecule has 1 atom stereocenters. The van der Waals surface area contributed by atoms with Crippen molar-refractivity contribution in [3.05, 3.63) is 17.7 Å². The summed E-state index contributed by atoms with van der Waals surface area (Å²) < 4.78 is 5.52. The van der Waals surface area contributed by atoms with Crippen LogP contribution in [0.1, 0.15) is 24.4 Å². The van der Waals surface area contributed by atoms with Crippen molar-refractivity contribution in [1.82, 2.24) is 9.97 Å². The first-order chi connectivity index (χ1) is 6.75. The van der Waals surface area contributed by atoms with Crippen LogP contribution in [0.3, 0.4) is 0 Å². The maximum Gasteiger partial charge on any atom is 0.131 e. The SMILES string of the molecule is Cc1nc(CC2CCCO2)ncc1N. The minimum atomic E-state index is 0.304. The summed E-state index contributed by atoms with van der Waals surface area (Å²) in [6, 6.07) is 0. The number of aryl methyl sites for hydroxylation is 1. The van der Waals surface area contributed by atoms with Crippen LogP contribution in [0.4, 0.5) is 5.69 Å². The van der Waals surface area contributed by atoms with Crippen molar-refractivity contribution < 1.29 is 4.74 Å². The van der Waals surface area contributed by atoms with Gasteiger partial charge in [-0.15, -0.1) is 0 Å². The molecule has 1 aliphatic rings. The lowest BCUT2D eigenvalue weighted by Gasteiger charge is -2.08. The normalized spacial score (nSPS) is 21.4. The van der Waals surface area contributed by atoms with Gasteiger partial charge in [-0.3, -0.25) is 0 Å². The minimum Gasteiger partial charge on any atom is -0.396 e. The molecule has 1 aliphatic heterocycles. The van der Waals surface area contributed by atoms with Crippen molar-refractivity contribution in [2.75, 3.05) is 12.3 Å². The van der Waals surface area contributed by atoms with Gasteiger partial charge in [0.1, 0.15) is 5.82 Å². The van der Waals surface area contributed by atoms with Crippen LogP contribution in [0.2, 0.25) is 0 Å². The Labute approximate surface area is 83.5 Å². The van der Waals surface area contributed by atoms with Gasteiger partial charge in [-0.2, -0.15) is 0 Å². The van der Waals surface area contributed by atoms with Gasteiger partial charge in [0.15, 0.2) is 0 Å². The summed E-state index contributed by atoms with van der Waals surface area (Å²) in [6.07, 6.45) is 5.05. The Hall–Kier alpha value is -1.16. The van der Waals surface area contributed by atoms with Gasteiger partial charge in [0.2, 0.25) is 0 Å². The highest BCUT2D eigenvalue weighted by Gasteiger charge is 2.17. The van der Waals surface area contributed by atoms with E-state index in [0.29, 0.717) is 11.8 Å². The molecule has 0 saturated carbocycles. The number of ether oxygens (including phenoxy) is 1. The van der Waals surface area contributed by atoms with Crippen LogP contribution < -0.4 is 5.73 Å². The third-order valence-corrected chi connectivity index (χ3v) is 2.50. The first kappa shape index (κ1) is 9.40. The van der Waals surface area contributed by atoms with Gasteiger partial charge in [-0.1, -0.05) is 0 Å². The lowest BCUT2D eigenvalue weighted by Crippen LogP contribution is -2.12. The van der Waals surface area contributed by atoms with Crippen LogP contribution >= 0.6 is 0 Å². The number of rotatable bonds is 2. The van der Waals surface area contributed by atoms with Crippen molar-refractivity contribution in [1.29, 1.82) is 0 Å². The zero-order chi connectivity index (χ0) is 9.97. The van der Waals surface area contributed by atoms with E-state index in [9.17, 15) is 0 Å². The van der Waals surface area contributed by atoms with Gasteiger partial charge in [-0.25, -0.2) is 9.97 Å². The number of hydrogen-bond donors (Lipinski definition) is 1. The summed E-state index contributed by atoms with van der Waals surface area (Å²) in [7, 11) is 0. The molecule has 0 aromatic carbocycles. The number of nitrogen functional groups attached to an aromatic ring is 1. The largest absolute Gasteiger partial charge is 0.396 e. The Morgan fingerprint density at radius 3 is 3.14 bits per heavy atom. The quantitative estimate of drug-likeness (QED) is 0.763. The summed E-state index contributed by atoms with van der Waals surface area (Å²) in [5.74, 6) is 0.837. The van der Waals surface area contributed by atoms with Gasteiger partial charge >= 0.3 is 0 Å². The van der Waals surface area contributed by atoms with E-state index in [1.165, 1.54) is 0 Å². The Bertz CT molecular complexity index is 321. The Morgan fingerprint density at radius 1 is 1.64 bits per heavy atom. The van der Waals surface area contributed by atoms with E-state index in [2.05, 4.69) is 9.97 Å². The number of anilines is 1. The van der Waals surface area contributed by atoms with Gasteiger partial charge < -0.3 is 10.5 Å². The number of hydrogen-bond acceptors (Lipinski definition) is 4. The predicted octanol–water partition coefficient (Wildman–Crippen LogP) is 1.09. The molecule has 1 saturated heterocycles. The smallest absolute Gasteiger partial charge is 0.131 e. The molecule has 2 N–H and O–H groups in total. The fourth-order valence-corrected chi connectivity index (χ4v) is 1.63. The molecule has 0 aliphatic carbocycles. The molecule has 14 heavy (non-hydrogen) atoms. The third-order valence-electron chi connectivity index (χ3n) is 2.50. The van der Waals surface area contributed by atoms with E-state index < -0.39 is 0 Å². The standard InChI is InChI=1S/C10H15N3O/c1-7-9(11)6-12-10(13-7)5-8-3-2-4-14-8/h6,8H,2-5,11H2,1H3. The molecule has 4 nitrogen and oxygen atoms in total. The fraction of sp³-hybridized carbons (Fsp3) is 0.600. The maximum atomic E-state index is 5.64. The molecule has 1 aromatic rings. The van der Waals surface area contributed by atoms with Gasteiger partial charge in [-0.05, 0) is 19.8 Å². The lowest BCUT2D eigenvalue weighted by molar-refractivity contribution is 0.110. The van der Waals surface area contributed by atoms with Crippen LogP contribution in [0.15, 0.2) is 6.20 Å². The highest BCUT2D eigenvalue weighted by atomic mass is 16.5. The molecule has 0 radical (unpaired) electrons. The highest BCUT2D eigenvalue weighted by Crippen LogP contribution is 2.16. The Kier molecular flexibility index (Phi) is 2.63. The zero-order valence-electron chi connectivity index (χ0n) is 8.36. The van der Waals surface area contributed by atoms with Crippen molar-refractivity contribution in [2.24, 2.45) is 0 Å². The second-order valence-corrected chi connectivity index (χ2v) is 3.67. The monoisotopic (exact) mass is 193 g/mol. The Morgan fingerprint density at radius 2 is 2.50 bits per heavy atom. The van der Waals surface area contributed by atoms with E-state index in [0.717, 1.165) is 37.4 Å². The first-order valence-corrected chi connectivity index (χ1v) is 4.95. The highest BCUT2D eigenvalue weighted by molar-refractivity contribution is 5.38. The third kappa shape index (κ3) is 2.01. The number of nitrogens with zero attached hydrogens (tertiary/aromatic N) is 2. The van der Waals surface area contributed by atoms with E-state index >= 15 is 0 Å². The number of aromatic nitrogens is 2. The molecule has 1 aromatic heterocycles. The van der Waals surface area contributed by atoms with Crippen LogP contribution in [0, 0.1) is 6.92 Å². The van der Waals surface area contributed by atoms with Crippen molar-refractivity contribution in [3.63, 3.8) is 0 Å². The number of nitrogens with two attached hydrogens (primary N) is 1. The van der Waals surface area contributed by atoms with Gasteiger partial charge in [0.05, 0.1) is 23.7 Å². The summed E-state index contributed by atoms with van der Waals surface area (Å²) in [6.45, 7) is 2.77. The topological polar surface area (TPSA) is 61.0 Å². The average molecular weight is 193 g/mol. The predicted molar refractivity (Wildman–Crippen MR) is 53.9 cm³/mol. The zero-order valence-corrected chi connectivity index (χ0v) is 8.36. The molecule has 2 rings (SSSR count). The molecular formula is C10H15N3O. The Balaban J connectivity index is 2.05. The molecule has 4 heteroatoms. The first-order valence-electron chi connectivity index (χ1n) is 4.95. The molecule has 1 fully saturated rings. The second-order valence-electron chi connectivity index (χ2n) is 3.67. The molecule has 0 bridgehead atoms. The van der Waals surface area contributed by atoms with Crippen molar-refractivity contribution >= 4 is 5.69 Å². The van der Waals surface area contributed by atoms with E-state index in [-0.39, 0.29) is 0 Å². The molecule has 1 unspecified atom stereocenters. The van der Waals surface area contributed by atoms with Crippen molar-refractivity contribution in [2.45, 2.75) is 32.3 Å². The summed E-state index contributed by atoms with van der Waals surface area (Å²) >= 11 is 0. The van der Waals surface area contributed by atoms with E-state index in [1.54, 1.807) is 6.20 Å². The average Bonchev–Trinajstić information content (AvgIpc) is 2.64. The van der Waals surface area contributed by atoms with Crippen LogP contribution in [-0.4, -0.2) is 22.7 Å². The minimum absolute atomic E-state index is 0.304. The van der Waals surface area contributed by atoms with Crippen LogP contribution in [0.25, 0.3) is 0 Å². The molecule has 0 amide bonds. The summed E-state index contributed by atoms with van der Waals surface area (Å²) in [4.78, 5) is 8.51. The lowest BCUT2D eigenvalue weighted by atomic mass is 10.2. The van der Waals surface area contributed by atoms with E-state index in [4.69, 9.17) is 10.5 Å². The molecular weight excluding hydrogens is 178 g/mol. The van der Waals surface area contributed by atoms with Gasteiger partial charge in [0, 0.05) is 13.0 Å². The van der Waals surface area contributed by atoms with Crippen molar-refractivity contribution in [3.8, 4) is 0 Å². The summed E-state index contributed by atoms with van der Waals surface area (Å²) in [5.41, 5.74) is 7.15. The maximum absolute atomic E-state index is 5.64. The molecule has 2 heterocycles. The van der Waals surface area contributed by atoms with E-state index in [1.807, 2.05) is 6.92 Å². The summed E-state index contributed by atoms with van der Waals surface area (Å²) in [5, 5.41) is 0. The van der Waals surface area contributed by atoms with Gasteiger partial charge in [0.25, 0.3) is 0 Å². The van der Waals surface area contributed by atoms with Crippen LogP contribution in [-0.2, 0) is 11.2 Å². The molecule has 0 spiro atoms. The molecule has 76 valence electrons.